The van der Waals surface area contributed by atoms with Gasteiger partial charge in [-0.05, 0) is 48.4 Å². The first kappa shape index (κ1) is 21.9. The zero-order chi connectivity index (χ0) is 22.6. The molecule has 5 nitrogen and oxygen atoms in total. The molecular weight excluding hydrogens is 450 g/mol. The van der Waals surface area contributed by atoms with Crippen LogP contribution in [0.2, 0.25) is 0 Å². The standard InChI is InChI=1S/C26H25N3O2S2/c1-31-21-14-12-18(13-15-21)16-23-24(30)29(20-10-6-3-7-11-20)26(33-23)28-25-27-22(17-32-25)19-8-4-2-5-9-19/h2,4-5,8-9,12-17,20H,3,6-7,10-11H2,1H3/b23-16-,28-26+. The van der Waals surface area contributed by atoms with Crippen molar-refractivity contribution < 1.29 is 9.53 Å². The summed E-state index contributed by atoms with van der Waals surface area (Å²) in [4.78, 5) is 25.7. The molecule has 1 aliphatic heterocycles. The first-order chi connectivity index (χ1) is 16.2. The number of carbonyl (C=O) groups excluding carboxylic acids is 1. The number of benzene rings is 2. The summed E-state index contributed by atoms with van der Waals surface area (Å²) in [6, 6.07) is 18.0. The van der Waals surface area contributed by atoms with Crippen molar-refractivity contribution >= 4 is 45.4 Å². The van der Waals surface area contributed by atoms with Crippen LogP contribution in [-0.4, -0.2) is 34.1 Å². The van der Waals surface area contributed by atoms with E-state index >= 15 is 0 Å². The Kier molecular flexibility index (Phi) is 6.60. The average molecular weight is 476 g/mol. The molecule has 0 atom stereocenters. The van der Waals surface area contributed by atoms with Crippen LogP contribution in [0.4, 0.5) is 5.13 Å². The maximum atomic E-state index is 13.5. The third kappa shape index (κ3) is 4.89. The van der Waals surface area contributed by atoms with Crippen molar-refractivity contribution in [3.05, 3.63) is 70.4 Å². The van der Waals surface area contributed by atoms with Crippen LogP contribution in [0.1, 0.15) is 37.7 Å². The molecule has 5 rings (SSSR count). The van der Waals surface area contributed by atoms with Gasteiger partial charge in [-0.2, -0.15) is 4.99 Å². The number of amides is 1. The Morgan fingerprint density at radius 2 is 1.82 bits per heavy atom. The van der Waals surface area contributed by atoms with E-state index in [1.807, 2.05) is 71.0 Å². The van der Waals surface area contributed by atoms with Gasteiger partial charge >= 0.3 is 0 Å². The van der Waals surface area contributed by atoms with E-state index in [1.54, 1.807) is 7.11 Å². The molecule has 3 aromatic rings. The molecule has 1 amide bonds. The average Bonchev–Trinajstić information content (AvgIpc) is 3.45. The van der Waals surface area contributed by atoms with Crippen molar-refractivity contribution in [2.45, 2.75) is 38.1 Å². The molecule has 1 saturated carbocycles. The summed E-state index contributed by atoms with van der Waals surface area (Å²) in [5.74, 6) is 0.841. The number of nitrogens with zero attached hydrogens (tertiary/aromatic N) is 3. The molecule has 0 spiro atoms. The summed E-state index contributed by atoms with van der Waals surface area (Å²) in [5.41, 5.74) is 2.95. The first-order valence-electron chi connectivity index (χ1n) is 11.2. The van der Waals surface area contributed by atoms with Crippen molar-refractivity contribution in [3.8, 4) is 17.0 Å². The number of rotatable bonds is 5. The molecule has 1 aromatic heterocycles. The molecule has 33 heavy (non-hydrogen) atoms. The fourth-order valence-corrected chi connectivity index (χ4v) is 6.01. The lowest BCUT2D eigenvalue weighted by Gasteiger charge is -2.30. The second-order valence-corrected chi connectivity index (χ2v) is 9.97. The summed E-state index contributed by atoms with van der Waals surface area (Å²) in [7, 11) is 1.65. The van der Waals surface area contributed by atoms with Crippen molar-refractivity contribution in [2.75, 3.05) is 7.11 Å². The number of ether oxygens (including phenoxy) is 1. The highest BCUT2D eigenvalue weighted by molar-refractivity contribution is 8.18. The van der Waals surface area contributed by atoms with Crippen LogP contribution < -0.4 is 4.74 Å². The smallest absolute Gasteiger partial charge is 0.267 e. The molecule has 0 N–H and O–H groups in total. The van der Waals surface area contributed by atoms with Crippen molar-refractivity contribution in [1.29, 1.82) is 0 Å². The second kappa shape index (κ2) is 9.93. The third-order valence-corrected chi connectivity index (χ3v) is 7.66. The molecule has 0 bridgehead atoms. The molecule has 1 saturated heterocycles. The van der Waals surface area contributed by atoms with E-state index in [-0.39, 0.29) is 11.9 Å². The number of thiazole rings is 1. The van der Waals surface area contributed by atoms with Gasteiger partial charge < -0.3 is 4.74 Å². The second-order valence-electron chi connectivity index (χ2n) is 8.13. The molecule has 0 unspecified atom stereocenters. The quantitative estimate of drug-likeness (QED) is 0.383. The molecule has 0 radical (unpaired) electrons. The van der Waals surface area contributed by atoms with E-state index in [4.69, 9.17) is 14.7 Å². The van der Waals surface area contributed by atoms with Crippen LogP contribution in [0.3, 0.4) is 0 Å². The van der Waals surface area contributed by atoms with Gasteiger partial charge in [-0.1, -0.05) is 61.7 Å². The predicted octanol–water partition coefficient (Wildman–Crippen LogP) is 6.76. The van der Waals surface area contributed by atoms with Gasteiger partial charge in [-0.25, -0.2) is 4.98 Å². The molecule has 2 aliphatic rings. The number of aromatic nitrogens is 1. The minimum atomic E-state index is 0.0429. The predicted molar refractivity (Wildman–Crippen MR) is 137 cm³/mol. The van der Waals surface area contributed by atoms with Crippen LogP contribution in [0.15, 0.2) is 69.9 Å². The monoisotopic (exact) mass is 475 g/mol. The van der Waals surface area contributed by atoms with E-state index in [0.717, 1.165) is 53.4 Å². The van der Waals surface area contributed by atoms with Crippen LogP contribution >= 0.6 is 23.1 Å². The topological polar surface area (TPSA) is 54.8 Å². The number of hydrogen-bond acceptors (Lipinski definition) is 6. The molecule has 168 valence electrons. The van der Waals surface area contributed by atoms with Crippen molar-refractivity contribution in [1.82, 2.24) is 9.88 Å². The van der Waals surface area contributed by atoms with E-state index < -0.39 is 0 Å². The van der Waals surface area contributed by atoms with Crippen molar-refractivity contribution in [3.63, 3.8) is 0 Å². The third-order valence-electron chi connectivity index (χ3n) is 5.94. The summed E-state index contributed by atoms with van der Waals surface area (Å²) < 4.78 is 5.25. The fourth-order valence-electron chi connectivity index (χ4n) is 4.22. The highest BCUT2D eigenvalue weighted by Gasteiger charge is 2.38. The maximum Gasteiger partial charge on any atom is 0.267 e. The SMILES string of the molecule is COc1ccc(/C=C2\S/C(=N/c3nc(-c4ccccc4)cs3)N(C3CCCCC3)C2=O)cc1. The summed E-state index contributed by atoms with van der Waals surface area (Å²) >= 11 is 2.96. The minimum absolute atomic E-state index is 0.0429. The Morgan fingerprint density at radius 3 is 2.55 bits per heavy atom. The molecule has 1 aliphatic carbocycles. The van der Waals surface area contributed by atoms with Gasteiger partial charge in [0.1, 0.15) is 5.75 Å². The van der Waals surface area contributed by atoms with Gasteiger partial charge in [0.15, 0.2) is 5.17 Å². The van der Waals surface area contributed by atoms with E-state index in [0.29, 0.717) is 10.0 Å². The lowest BCUT2D eigenvalue weighted by Crippen LogP contribution is -2.40. The summed E-state index contributed by atoms with van der Waals surface area (Å²) in [5, 5.41) is 3.44. The van der Waals surface area contributed by atoms with Gasteiger partial charge in [0, 0.05) is 17.0 Å². The number of methoxy groups -OCH3 is 1. The van der Waals surface area contributed by atoms with Gasteiger partial charge in [0.05, 0.1) is 17.7 Å². The molecular formula is C26H25N3O2S2. The number of thioether (sulfide) groups is 1. The highest BCUT2D eigenvalue weighted by atomic mass is 32.2. The first-order valence-corrected chi connectivity index (χ1v) is 12.9. The molecule has 2 aromatic carbocycles. The maximum absolute atomic E-state index is 13.5. The summed E-state index contributed by atoms with van der Waals surface area (Å²) in [6.45, 7) is 0. The lowest BCUT2D eigenvalue weighted by atomic mass is 9.94. The number of amidine groups is 1. The Morgan fingerprint density at radius 1 is 1.06 bits per heavy atom. The van der Waals surface area contributed by atoms with E-state index in [1.165, 1.54) is 29.5 Å². The van der Waals surface area contributed by atoms with Crippen LogP contribution in [0, 0.1) is 0 Å². The lowest BCUT2D eigenvalue weighted by molar-refractivity contribution is -0.124. The Labute approximate surface area is 202 Å². The number of hydrogen-bond donors (Lipinski definition) is 0. The van der Waals surface area contributed by atoms with Crippen LogP contribution in [0.5, 0.6) is 5.75 Å². The van der Waals surface area contributed by atoms with Gasteiger partial charge in [0.2, 0.25) is 5.13 Å². The zero-order valence-electron chi connectivity index (χ0n) is 18.4. The molecule has 2 fully saturated rings. The molecule has 7 heteroatoms. The van der Waals surface area contributed by atoms with Crippen LogP contribution in [0.25, 0.3) is 17.3 Å². The van der Waals surface area contributed by atoms with Gasteiger partial charge in [0.25, 0.3) is 5.91 Å². The Hall–Kier alpha value is -2.90. The molecule has 2 heterocycles. The largest absolute Gasteiger partial charge is 0.497 e. The Bertz CT molecular complexity index is 1180. The van der Waals surface area contributed by atoms with Gasteiger partial charge in [-0.15, -0.1) is 11.3 Å². The van der Waals surface area contributed by atoms with E-state index in [9.17, 15) is 4.79 Å². The zero-order valence-corrected chi connectivity index (χ0v) is 20.1. The number of carbonyl (C=O) groups is 1. The highest BCUT2D eigenvalue weighted by Crippen LogP contribution is 2.39. The number of aliphatic imine (C=N–C) groups is 1. The van der Waals surface area contributed by atoms with E-state index in [2.05, 4.69) is 0 Å². The minimum Gasteiger partial charge on any atom is -0.497 e. The summed E-state index contributed by atoms with van der Waals surface area (Å²) in [6.07, 6.45) is 7.53. The van der Waals surface area contributed by atoms with Crippen LogP contribution in [-0.2, 0) is 4.79 Å². The Balaban J connectivity index is 1.46. The van der Waals surface area contributed by atoms with Crippen molar-refractivity contribution in [2.24, 2.45) is 4.99 Å². The van der Waals surface area contributed by atoms with Gasteiger partial charge in [-0.3, -0.25) is 9.69 Å². The normalized spacial score (nSPS) is 19.5. The fraction of sp³-hybridized carbons (Fsp3) is 0.269.